The van der Waals surface area contributed by atoms with Crippen LogP contribution in [0.15, 0.2) is 6.20 Å². The summed E-state index contributed by atoms with van der Waals surface area (Å²) < 4.78 is 0. The van der Waals surface area contributed by atoms with Crippen LogP contribution in [0, 0.1) is 5.92 Å². The lowest BCUT2D eigenvalue weighted by Gasteiger charge is -2.29. The molecule has 1 aliphatic heterocycles. The molecule has 0 atom stereocenters. The molecule has 21 heavy (non-hydrogen) atoms. The van der Waals surface area contributed by atoms with Gasteiger partial charge >= 0.3 is 0 Å². The Hall–Kier alpha value is -0.960. The van der Waals surface area contributed by atoms with Crippen LogP contribution in [0.1, 0.15) is 75.4 Å². The number of nitrogens with zero attached hydrogens (tertiary/aromatic N) is 3. The SMILES string of the molecule is CC(C)CCN1CCc2cnc(C3CCCCC3)nc2C1. The minimum absolute atomic E-state index is 0.620. The van der Waals surface area contributed by atoms with E-state index in [0.717, 1.165) is 24.7 Å². The number of hydrogen-bond donors (Lipinski definition) is 0. The van der Waals surface area contributed by atoms with Crippen LogP contribution in [0.25, 0.3) is 0 Å². The van der Waals surface area contributed by atoms with E-state index in [9.17, 15) is 0 Å². The zero-order chi connectivity index (χ0) is 14.7. The Kier molecular flexibility index (Phi) is 4.89. The van der Waals surface area contributed by atoms with E-state index < -0.39 is 0 Å². The third kappa shape index (κ3) is 3.82. The summed E-state index contributed by atoms with van der Waals surface area (Å²) in [6.45, 7) is 8.03. The molecule has 0 N–H and O–H groups in total. The van der Waals surface area contributed by atoms with Gasteiger partial charge in [-0.2, -0.15) is 0 Å². The highest BCUT2D eigenvalue weighted by atomic mass is 15.1. The molecule has 0 spiro atoms. The van der Waals surface area contributed by atoms with E-state index in [1.165, 1.54) is 62.9 Å². The van der Waals surface area contributed by atoms with Crippen molar-refractivity contribution >= 4 is 0 Å². The topological polar surface area (TPSA) is 29.0 Å². The fourth-order valence-electron chi connectivity index (χ4n) is 3.56. The standard InChI is InChI=1S/C18H29N3/c1-14(2)8-10-21-11-9-16-12-19-18(20-17(16)13-21)15-6-4-3-5-7-15/h12,14-15H,3-11,13H2,1-2H3. The van der Waals surface area contributed by atoms with Crippen molar-refractivity contribution in [2.24, 2.45) is 5.92 Å². The zero-order valence-corrected chi connectivity index (χ0v) is 13.6. The molecule has 0 unspecified atom stereocenters. The van der Waals surface area contributed by atoms with Gasteiger partial charge in [0.25, 0.3) is 0 Å². The Bertz CT molecular complexity index is 464. The van der Waals surface area contributed by atoms with E-state index in [-0.39, 0.29) is 0 Å². The van der Waals surface area contributed by atoms with Crippen molar-refractivity contribution in [3.05, 3.63) is 23.3 Å². The van der Waals surface area contributed by atoms with Crippen LogP contribution in [0.2, 0.25) is 0 Å². The minimum Gasteiger partial charge on any atom is -0.297 e. The van der Waals surface area contributed by atoms with E-state index in [1.54, 1.807) is 0 Å². The third-order valence-electron chi connectivity index (χ3n) is 5.04. The molecule has 3 nitrogen and oxygen atoms in total. The second kappa shape index (κ2) is 6.87. The largest absolute Gasteiger partial charge is 0.297 e. The summed E-state index contributed by atoms with van der Waals surface area (Å²) in [4.78, 5) is 12.2. The smallest absolute Gasteiger partial charge is 0.131 e. The molecule has 0 radical (unpaired) electrons. The maximum absolute atomic E-state index is 4.96. The Morgan fingerprint density at radius 2 is 2.05 bits per heavy atom. The summed E-state index contributed by atoms with van der Waals surface area (Å²) in [7, 11) is 0. The first-order chi connectivity index (χ1) is 10.2. The minimum atomic E-state index is 0.620. The first kappa shape index (κ1) is 15.0. The quantitative estimate of drug-likeness (QED) is 0.840. The highest BCUT2D eigenvalue weighted by Crippen LogP contribution is 2.31. The fraction of sp³-hybridized carbons (Fsp3) is 0.778. The molecular weight excluding hydrogens is 258 g/mol. The predicted octanol–water partition coefficient (Wildman–Crippen LogP) is 3.93. The van der Waals surface area contributed by atoms with Gasteiger partial charge in [-0.25, -0.2) is 9.97 Å². The Labute approximate surface area is 129 Å². The van der Waals surface area contributed by atoms with E-state index >= 15 is 0 Å². The van der Waals surface area contributed by atoms with Gasteiger partial charge in [0.15, 0.2) is 0 Å². The van der Waals surface area contributed by atoms with Gasteiger partial charge in [-0.05, 0) is 43.7 Å². The first-order valence-corrected chi connectivity index (χ1v) is 8.79. The van der Waals surface area contributed by atoms with E-state index in [0.29, 0.717) is 5.92 Å². The predicted molar refractivity (Wildman–Crippen MR) is 86.3 cm³/mol. The van der Waals surface area contributed by atoms with Crippen LogP contribution in [0.3, 0.4) is 0 Å². The van der Waals surface area contributed by atoms with Crippen LogP contribution in [-0.2, 0) is 13.0 Å². The summed E-state index contributed by atoms with van der Waals surface area (Å²) in [5.41, 5.74) is 2.69. The Balaban J connectivity index is 1.68. The van der Waals surface area contributed by atoms with Gasteiger partial charge in [-0.1, -0.05) is 33.1 Å². The molecule has 1 aliphatic carbocycles. The molecule has 1 saturated carbocycles. The normalized spacial score (nSPS) is 20.7. The monoisotopic (exact) mass is 287 g/mol. The molecule has 2 aliphatic rings. The molecule has 1 aromatic heterocycles. The zero-order valence-electron chi connectivity index (χ0n) is 13.6. The molecule has 0 bridgehead atoms. The average molecular weight is 287 g/mol. The average Bonchev–Trinajstić information content (AvgIpc) is 2.53. The van der Waals surface area contributed by atoms with E-state index in [1.807, 2.05) is 0 Å². The molecule has 0 amide bonds. The first-order valence-electron chi connectivity index (χ1n) is 8.79. The summed E-state index contributed by atoms with van der Waals surface area (Å²) in [6, 6.07) is 0. The Morgan fingerprint density at radius 3 is 2.81 bits per heavy atom. The van der Waals surface area contributed by atoms with Crippen molar-refractivity contribution in [2.75, 3.05) is 13.1 Å². The molecule has 3 heteroatoms. The maximum Gasteiger partial charge on any atom is 0.131 e. The third-order valence-corrected chi connectivity index (χ3v) is 5.04. The van der Waals surface area contributed by atoms with Gasteiger partial charge in [-0.3, -0.25) is 4.90 Å². The van der Waals surface area contributed by atoms with E-state index in [2.05, 4.69) is 29.9 Å². The van der Waals surface area contributed by atoms with Crippen molar-refractivity contribution in [1.82, 2.24) is 14.9 Å². The summed E-state index contributed by atoms with van der Waals surface area (Å²) in [5.74, 6) is 2.53. The second-order valence-corrected chi connectivity index (χ2v) is 7.24. The fourth-order valence-corrected chi connectivity index (χ4v) is 3.56. The van der Waals surface area contributed by atoms with Gasteiger partial charge < -0.3 is 0 Å². The molecule has 1 fully saturated rings. The van der Waals surface area contributed by atoms with Gasteiger partial charge in [0, 0.05) is 25.2 Å². The summed E-state index contributed by atoms with van der Waals surface area (Å²) >= 11 is 0. The second-order valence-electron chi connectivity index (χ2n) is 7.24. The highest BCUT2D eigenvalue weighted by molar-refractivity contribution is 5.21. The van der Waals surface area contributed by atoms with Crippen molar-refractivity contribution in [2.45, 2.75) is 71.3 Å². The molecule has 0 aromatic carbocycles. The number of rotatable bonds is 4. The number of aromatic nitrogens is 2. The van der Waals surface area contributed by atoms with E-state index in [4.69, 9.17) is 4.98 Å². The highest BCUT2D eigenvalue weighted by Gasteiger charge is 2.22. The molecule has 1 aromatic rings. The number of fused-ring (bicyclic) bond motifs is 1. The summed E-state index contributed by atoms with van der Waals surface area (Å²) in [6.07, 6.45) is 11.2. The number of hydrogen-bond acceptors (Lipinski definition) is 3. The van der Waals surface area contributed by atoms with Crippen molar-refractivity contribution in [3.8, 4) is 0 Å². The molecule has 116 valence electrons. The summed E-state index contributed by atoms with van der Waals surface area (Å²) in [5, 5.41) is 0. The van der Waals surface area contributed by atoms with Gasteiger partial charge in [0.2, 0.25) is 0 Å². The van der Waals surface area contributed by atoms with Gasteiger partial charge in [0.05, 0.1) is 5.69 Å². The van der Waals surface area contributed by atoms with Crippen molar-refractivity contribution in [3.63, 3.8) is 0 Å². The van der Waals surface area contributed by atoms with Crippen LogP contribution in [-0.4, -0.2) is 28.0 Å². The van der Waals surface area contributed by atoms with Crippen LogP contribution in [0.5, 0.6) is 0 Å². The van der Waals surface area contributed by atoms with Crippen LogP contribution >= 0.6 is 0 Å². The van der Waals surface area contributed by atoms with Crippen molar-refractivity contribution in [1.29, 1.82) is 0 Å². The lowest BCUT2D eigenvalue weighted by atomic mass is 9.88. The maximum atomic E-state index is 4.96. The molecule has 0 saturated heterocycles. The molecule has 3 rings (SSSR count). The van der Waals surface area contributed by atoms with Crippen LogP contribution in [0.4, 0.5) is 0 Å². The van der Waals surface area contributed by atoms with Crippen molar-refractivity contribution < 1.29 is 0 Å². The molecular formula is C18H29N3. The lowest BCUT2D eigenvalue weighted by Crippen LogP contribution is -2.33. The lowest BCUT2D eigenvalue weighted by molar-refractivity contribution is 0.234. The van der Waals surface area contributed by atoms with Crippen LogP contribution < -0.4 is 0 Å². The Morgan fingerprint density at radius 1 is 1.24 bits per heavy atom. The van der Waals surface area contributed by atoms with Gasteiger partial charge in [-0.15, -0.1) is 0 Å². The van der Waals surface area contributed by atoms with Gasteiger partial charge in [0.1, 0.15) is 5.82 Å². The molecule has 2 heterocycles.